The molecule has 0 spiro atoms. The average Bonchev–Trinajstić information content (AvgIpc) is 3.36. The lowest BCUT2D eigenvalue weighted by Gasteiger charge is -2.01. The second-order valence-electron chi connectivity index (χ2n) is 6.07. The zero-order valence-electron chi connectivity index (χ0n) is 14.5. The van der Waals surface area contributed by atoms with Gasteiger partial charge in [-0.1, -0.05) is 0 Å². The Bertz CT molecular complexity index is 1250. The molecule has 0 aliphatic carbocycles. The van der Waals surface area contributed by atoms with Gasteiger partial charge < -0.3 is 5.32 Å². The summed E-state index contributed by atoms with van der Waals surface area (Å²) in [5.74, 6) is -0.291. The molecule has 0 radical (unpaired) electrons. The molecule has 1 N–H and O–H groups in total. The predicted octanol–water partition coefficient (Wildman–Crippen LogP) is 4.82. The molecule has 8 heteroatoms. The highest BCUT2D eigenvalue weighted by molar-refractivity contribution is 7.14. The van der Waals surface area contributed by atoms with E-state index in [9.17, 15) is 4.39 Å². The Balaban J connectivity index is 1.41. The van der Waals surface area contributed by atoms with E-state index in [-0.39, 0.29) is 5.82 Å². The van der Waals surface area contributed by atoms with E-state index in [2.05, 4.69) is 25.5 Å². The summed E-state index contributed by atoms with van der Waals surface area (Å²) in [4.78, 5) is 10.2. The molecule has 0 atom stereocenters. The lowest BCUT2D eigenvalue weighted by atomic mass is 10.2. The van der Waals surface area contributed by atoms with Crippen LogP contribution in [-0.2, 0) is 0 Å². The molecular weight excluding hydrogens is 375 g/mol. The van der Waals surface area contributed by atoms with E-state index in [0.717, 1.165) is 33.1 Å². The van der Waals surface area contributed by atoms with Crippen molar-refractivity contribution in [2.75, 3.05) is 5.32 Å². The average molecular weight is 388 g/mol. The van der Waals surface area contributed by atoms with E-state index in [1.165, 1.54) is 28.3 Å². The minimum Gasteiger partial charge on any atom is -0.331 e. The molecule has 5 rings (SSSR count). The van der Waals surface area contributed by atoms with Crippen LogP contribution >= 0.6 is 11.3 Å². The quantitative estimate of drug-likeness (QED) is 0.478. The van der Waals surface area contributed by atoms with Crippen LogP contribution in [0.1, 0.15) is 0 Å². The highest BCUT2D eigenvalue weighted by atomic mass is 32.1. The first-order chi connectivity index (χ1) is 13.7. The Hall–Kier alpha value is -3.65. The molecule has 2 aromatic carbocycles. The summed E-state index contributed by atoms with van der Waals surface area (Å²) in [5, 5.41) is 15.0. The Kier molecular flexibility index (Phi) is 4.02. The van der Waals surface area contributed by atoms with Crippen molar-refractivity contribution in [3.63, 3.8) is 0 Å². The number of nitrogens with zero attached hydrogens (tertiary/aromatic N) is 5. The van der Waals surface area contributed by atoms with Gasteiger partial charge in [0, 0.05) is 29.0 Å². The van der Waals surface area contributed by atoms with Gasteiger partial charge in [0.25, 0.3) is 0 Å². The first kappa shape index (κ1) is 16.5. The summed E-state index contributed by atoms with van der Waals surface area (Å²) in [7, 11) is 0. The van der Waals surface area contributed by atoms with Gasteiger partial charge in [0.1, 0.15) is 16.9 Å². The van der Waals surface area contributed by atoms with E-state index >= 15 is 0 Å². The van der Waals surface area contributed by atoms with E-state index in [4.69, 9.17) is 0 Å². The fourth-order valence-corrected chi connectivity index (χ4v) is 3.52. The molecule has 28 heavy (non-hydrogen) atoms. The fraction of sp³-hybridized carbons (Fsp3) is 0. The van der Waals surface area contributed by atoms with Crippen molar-refractivity contribution in [1.29, 1.82) is 0 Å². The van der Waals surface area contributed by atoms with Crippen molar-refractivity contribution in [1.82, 2.24) is 25.0 Å². The number of fused-ring (bicyclic) bond motifs is 1. The number of benzene rings is 2. The molecule has 0 unspecified atom stereocenters. The minimum absolute atomic E-state index is 0.291. The van der Waals surface area contributed by atoms with Crippen molar-refractivity contribution in [2.45, 2.75) is 0 Å². The number of anilines is 2. The fourth-order valence-electron chi connectivity index (χ4n) is 2.78. The zero-order valence-corrected chi connectivity index (χ0v) is 15.3. The maximum Gasteiger partial charge on any atom is 0.187 e. The van der Waals surface area contributed by atoms with E-state index in [1.54, 1.807) is 24.5 Å². The van der Waals surface area contributed by atoms with E-state index in [1.807, 2.05) is 35.7 Å². The number of nitrogens with one attached hydrogen (secondary N) is 1. The Morgan fingerprint density at radius 2 is 1.82 bits per heavy atom. The molecule has 136 valence electrons. The van der Waals surface area contributed by atoms with Crippen molar-refractivity contribution in [2.24, 2.45) is 0 Å². The number of aromatic nitrogens is 5. The van der Waals surface area contributed by atoms with Gasteiger partial charge in [0.15, 0.2) is 5.13 Å². The molecule has 0 saturated heterocycles. The highest BCUT2D eigenvalue weighted by Gasteiger charge is 2.08. The summed E-state index contributed by atoms with van der Waals surface area (Å²) in [6.07, 6.45) is 3.53. The molecule has 0 aliphatic heterocycles. The van der Waals surface area contributed by atoms with Gasteiger partial charge in [-0.25, -0.2) is 9.37 Å². The monoisotopic (exact) mass is 388 g/mol. The minimum atomic E-state index is -0.291. The standard InChI is InChI=1S/C20H13FN6S/c21-14-3-6-16(7-4-14)27-25-17-8-5-15(10-18(17)26-27)23-20-24-19(12-28-20)13-2-1-9-22-11-13/h1-12H,(H,23,24). The van der Waals surface area contributed by atoms with Gasteiger partial charge in [-0.15, -0.1) is 21.5 Å². The molecular formula is C20H13FN6S. The lowest BCUT2D eigenvalue weighted by molar-refractivity contribution is 0.626. The third-order valence-electron chi connectivity index (χ3n) is 4.15. The zero-order chi connectivity index (χ0) is 18.9. The highest BCUT2D eigenvalue weighted by Crippen LogP contribution is 2.27. The van der Waals surface area contributed by atoms with Crippen LogP contribution in [0.3, 0.4) is 0 Å². The number of halogens is 1. The first-order valence-corrected chi connectivity index (χ1v) is 9.38. The second-order valence-corrected chi connectivity index (χ2v) is 6.93. The third kappa shape index (κ3) is 3.21. The number of hydrogen-bond acceptors (Lipinski definition) is 6. The number of thiazole rings is 1. The van der Waals surface area contributed by atoms with Crippen LogP contribution in [0.4, 0.5) is 15.2 Å². The van der Waals surface area contributed by atoms with Gasteiger partial charge in [0.2, 0.25) is 0 Å². The van der Waals surface area contributed by atoms with Crippen molar-refractivity contribution < 1.29 is 4.39 Å². The SMILES string of the molecule is Fc1ccc(-n2nc3ccc(Nc4nc(-c5cccnc5)cs4)cc3n2)cc1. The van der Waals surface area contributed by atoms with Crippen molar-refractivity contribution in [3.8, 4) is 16.9 Å². The van der Waals surface area contributed by atoms with E-state index in [0.29, 0.717) is 5.69 Å². The summed E-state index contributed by atoms with van der Waals surface area (Å²) < 4.78 is 13.1. The van der Waals surface area contributed by atoms with Crippen LogP contribution in [0.25, 0.3) is 28.0 Å². The molecule has 3 heterocycles. The van der Waals surface area contributed by atoms with Gasteiger partial charge >= 0.3 is 0 Å². The second kappa shape index (κ2) is 6.82. The third-order valence-corrected chi connectivity index (χ3v) is 4.91. The van der Waals surface area contributed by atoms with Crippen LogP contribution in [0.5, 0.6) is 0 Å². The normalized spacial score (nSPS) is 11.0. The Morgan fingerprint density at radius 1 is 0.964 bits per heavy atom. The van der Waals surface area contributed by atoms with Gasteiger partial charge in [-0.3, -0.25) is 4.98 Å². The van der Waals surface area contributed by atoms with Crippen LogP contribution in [0.15, 0.2) is 72.4 Å². The van der Waals surface area contributed by atoms with E-state index < -0.39 is 0 Å². The van der Waals surface area contributed by atoms with Crippen LogP contribution in [0.2, 0.25) is 0 Å². The predicted molar refractivity (Wildman–Crippen MR) is 107 cm³/mol. The smallest absolute Gasteiger partial charge is 0.187 e. The molecule has 0 fully saturated rings. The number of pyridine rings is 1. The molecule has 0 amide bonds. The van der Waals surface area contributed by atoms with Crippen LogP contribution in [0, 0.1) is 5.82 Å². The molecule has 5 aromatic rings. The summed E-state index contributed by atoms with van der Waals surface area (Å²) in [6.45, 7) is 0. The number of hydrogen-bond donors (Lipinski definition) is 1. The van der Waals surface area contributed by atoms with Crippen molar-refractivity contribution in [3.05, 3.63) is 78.2 Å². The van der Waals surface area contributed by atoms with Crippen LogP contribution < -0.4 is 5.32 Å². The molecule has 6 nitrogen and oxygen atoms in total. The Morgan fingerprint density at radius 3 is 2.64 bits per heavy atom. The summed E-state index contributed by atoms with van der Waals surface area (Å²) in [5.41, 5.74) is 4.91. The summed E-state index contributed by atoms with van der Waals surface area (Å²) in [6, 6.07) is 15.7. The lowest BCUT2D eigenvalue weighted by Crippen LogP contribution is -1.97. The molecule has 0 aliphatic rings. The maximum absolute atomic E-state index is 13.1. The Labute approximate surface area is 163 Å². The molecule has 0 saturated carbocycles. The van der Waals surface area contributed by atoms with Crippen LogP contribution in [-0.4, -0.2) is 25.0 Å². The van der Waals surface area contributed by atoms with Crippen molar-refractivity contribution >= 4 is 33.2 Å². The number of rotatable bonds is 4. The van der Waals surface area contributed by atoms with Gasteiger partial charge in [0.05, 0.1) is 11.4 Å². The van der Waals surface area contributed by atoms with Gasteiger partial charge in [-0.05, 0) is 54.6 Å². The largest absolute Gasteiger partial charge is 0.331 e. The van der Waals surface area contributed by atoms with Gasteiger partial charge in [-0.2, -0.15) is 4.80 Å². The summed E-state index contributed by atoms with van der Waals surface area (Å²) >= 11 is 1.52. The molecule has 0 bridgehead atoms. The maximum atomic E-state index is 13.1. The topological polar surface area (TPSA) is 68.5 Å². The first-order valence-electron chi connectivity index (χ1n) is 8.51. The molecule has 3 aromatic heterocycles.